The predicted molar refractivity (Wildman–Crippen MR) is 68.9 cm³/mol. The van der Waals surface area contributed by atoms with Gasteiger partial charge in [-0.3, -0.25) is 0 Å². The van der Waals surface area contributed by atoms with E-state index in [1.807, 2.05) is 0 Å². The molecule has 1 aliphatic rings. The Labute approximate surface area is 114 Å². The maximum atomic E-state index is 11.8. The highest BCUT2D eigenvalue weighted by molar-refractivity contribution is 5.94. The molecule has 0 unspecified atom stereocenters. The first kappa shape index (κ1) is 13.7. The van der Waals surface area contributed by atoms with E-state index in [1.54, 1.807) is 6.92 Å². The summed E-state index contributed by atoms with van der Waals surface area (Å²) >= 11 is 0. The number of methoxy groups -OCH3 is 1. The Morgan fingerprint density at radius 2 is 2.00 bits per heavy atom. The number of aromatic hydroxyl groups is 2. The topological polar surface area (TPSA) is 108 Å². The number of allylic oxidation sites excluding steroid dienone is 1. The first-order chi connectivity index (χ1) is 9.43. The highest BCUT2D eigenvalue weighted by atomic mass is 16.5. The molecule has 1 heterocycles. The minimum absolute atomic E-state index is 0.234. The summed E-state index contributed by atoms with van der Waals surface area (Å²) in [6, 6.07) is 2.84. The molecule has 0 spiro atoms. The first-order valence-corrected chi connectivity index (χ1v) is 5.82. The van der Waals surface area contributed by atoms with Crippen LogP contribution < -0.4 is 10.6 Å². The van der Waals surface area contributed by atoms with E-state index in [1.165, 1.54) is 25.3 Å². The standard InChI is InChI=1S/C13H14N2O5/c1-6-10(12(18)20-2)11(15-13(19)14-6)7-3-4-8(16)9(17)5-7/h3-5,11,16-17H,1-2H3,(H2,14,15,19)/t11-/m0/s1. The summed E-state index contributed by atoms with van der Waals surface area (Å²) < 4.78 is 4.70. The summed E-state index contributed by atoms with van der Waals surface area (Å²) in [5.74, 6) is -1.21. The maximum Gasteiger partial charge on any atom is 0.337 e. The van der Waals surface area contributed by atoms with Gasteiger partial charge in [0.2, 0.25) is 0 Å². The molecule has 0 bridgehead atoms. The van der Waals surface area contributed by atoms with Crippen LogP contribution in [-0.4, -0.2) is 29.3 Å². The Kier molecular flexibility index (Phi) is 3.51. The number of urea groups is 1. The fourth-order valence-corrected chi connectivity index (χ4v) is 2.04. The zero-order valence-corrected chi connectivity index (χ0v) is 10.9. The van der Waals surface area contributed by atoms with Gasteiger partial charge in [-0.1, -0.05) is 6.07 Å². The zero-order valence-electron chi connectivity index (χ0n) is 10.9. The predicted octanol–water partition coefficient (Wildman–Crippen LogP) is 0.899. The van der Waals surface area contributed by atoms with Crippen LogP contribution in [0.5, 0.6) is 11.5 Å². The molecule has 0 saturated heterocycles. The molecule has 4 N–H and O–H groups in total. The molecule has 106 valence electrons. The lowest BCUT2D eigenvalue weighted by molar-refractivity contribution is -0.136. The minimum atomic E-state index is -0.761. The third-order valence-corrected chi connectivity index (χ3v) is 3.01. The van der Waals surface area contributed by atoms with Gasteiger partial charge in [-0.25, -0.2) is 9.59 Å². The van der Waals surface area contributed by atoms with Crippen LogP contribution in [0.15, 0.2) is 29.5 Å². The van der Waals surface area contributed by atoms with Crippen molar-refractivity contribution in [1.29, 1.82) is 0 Å². The summed E-state index contributed by atoms with van der Waals surface area (Å²) in [6.45, 7) is 1.58. The van der Waals surface area contributed by atoms with Crippen molar-refractivity contribution in [2.24, 2.45) is 0 Å². The number of hydrogen-bond donors (Lipinski definition) is 4. The van der Waals surface area contributed by atoms with Crippen molar-refractivity contribution in [3.05, 3.63) is 35.0 Å². The number of benzene rings is 1. The second kappa shape index (κ2) is 5.12. The molecule has 0 aliphatic carbocycles. The molecular weight excluding hydrogens is 264 g/mol. The zero-order chi connectivity index (χ0) is 14.9. The average Bonchev–Trinajstić information content (AvgIpc) is 2.40. The van der Waals surface area contributed by atoms with E-state index >= 15 is 0 Å². The summed E-state index contributed by atoms with van der Waals surface area (Å²) in [7, 11) is 1.24. The Hall–Kier alpha value is -2.70. The molecule has 7 nitrogen and oxygen atoms in total. The highest BCUT2D eigenvalue weighted by Gasteiger charge is 2.32. The molecule has 1 atom stereocenters. The van der Waals surface area contributed by atoms with Crippen molar-refractivity contribution in [3.63, 3.8) is 0 Å². The third-order valence-electron chi connectivity index (χ3n) is 3.01. The summed E-state index contributed by atoms with van der Waals surface area (Å²) in [6.07, 6.45) is 0. The highest BCUT2D eigenvalue weighted by Crippen LogP contribution is 2.32. The van der Waals surface area contributed by atoms with Gasteiger partial charge in [-0.05, 0) is 24.6 Å². The fourth-order valence-electron chi connectivity index (χ4n) is 2.04. The van der Waals surface area contributed by atoms with Gasteiger partial charge in [0, 0.05) is 5.70 Å². The van der Waals surface area contributed by atoms with Gasteiger partial charge in [0.1, 0.15) is 0 Å². The fraction of sp³-hybridized carbons (Fsp3) is 0.231. The number of esters is 1. The van der Waals surface area contributed by atoms with Crippen molar-refractivity contribution in [2.45, 2.75) is 13.0 Å². The van der Waals surface area contributed by atoms with Crippen LogP contribution in [0.2, 0.25) is 0 Å². The van der Waals surface area contributed by atoms with Gasteiger partial charge < -0.3 is 25.6 Å². The van der Waals surface area contributed by atoms with Crippen LogP contribution in [0.1, 0.15) is 18.5 Å². The SMILES string of the molecule is COC(=O)C1=C(C)NC(=O)N[C@H]1c1ccc(O)c(O)c1. The van der Waals surface area contributed by atoms with Crippen LogP contribution in [0.3, 0.4) is 0 Å². The molecule has 0 fully saturated rings. The van der Waals surface area contributed by atoms with Crippen molar-refractivity contribution in [1.82, 2.24) is 10.6 Å². The van der Waals surface area contributed by atoms with Crippen LogP contribution >= 0.6 is 0 Å². The Bertz CT molecular complexity index is 609. The number of phenolic OH excluding ortho intramolecular Hbond substituents is 2. The van der Waals surface area contributed by atoms with Crippen LogP contribution in [0.25, 0.3) is 0 Å². The Morgan fingerprint density at radius 3 is 2.60 bits per heavy atom. The van der Waals surface area contributed by atoms with Crippen molar-refractivity contribution in [3.8, 4) is 11.5 Å². The van der Waals surface area contributed by atoms with E-state index in [-0.39, 0.29) is 17.1 Å². The Morgan fingerprint density at radius 1 is 1.30 bits per heavy atom. The van der Waals surface area contributed by atoms with Gasteiger partial charge in [0.05, 0.1) is 18.7 Å². The molecule has 0 radical (unpaired) electrons. The van der Waals surface area contributed by atoms with Crippen molar-refractivity contribution in [2.75, 3.05) is 7.11 Å². The van der Waals surface area contributed by atoms with E-state index in [2.05, 4.69) is 10.6 Å². The van der Waals surface area contributed by atoms with E-state index in [9.17, 15) is 19.8 Å². The molecule has 2 rings (SSSR count). The van der Waals surface area contributed by atoms with Gasteiger partial charge in [0.25, 0.3) is 0 Å². The van der Waals surface area contributed by atoms with Crippen molar-refractivity contribution < 1.29 is 24.5 Å². The average molecular weight is 278 g/mol. The van der Waals surface area contributed by atoms with Crippen molar-refractivity contribution >= 4 is 12.0 Å². The number of phenols is 2. The normalized spacial score (nSPS) is 18.3. The molecule has 1 aliphatic heterocycles. The smallest absolute Gasteiger partial charge is 0.337 e. The van der Waals surface area contributed by atoms with E-state index < -0.39 is 18.0 Å². The largest absolute Gasteiger partial charge is 0.504 e. The number of amides is 2. The van der Waals surface area contributed by atoms with Crippen LogP contribution in [-0.2, 0) is 9.53 Å². The lowest BCUT2D eigenvalue weighted by Crippen LogP contribution is -2.45. The maximum absolute atomic E-state index is 11.8. The minimum Gasteiger partial charge on any atom is -0.504 e. The molecule has 2 amide bonds. The number of hydrogen-bond acceptors (Lipinski definition) is 5. The molecule has 20 heavy (non-hydrogen) atoms. The summed E-state index contributed by atoms with van der Waals surface area (Å²) in [5, 5.41) is 23.9. The molecule has 7 heteroatoms. The molecule has 0 aromatic heterocycles. The van der Waals surface area contributed by atoms with Gasteiger partial charge in [0.15, 0.2) is 11.5 Å². The first-order valence-electron chi connectivity index (χ1n) is 5.82. The quantitative estimate of drug-likeness (QED) is 0.475. The van der Waals surface area contributed by atoms with Crippen LogP contribution in [0, 0.1) is 0 Å². The Balaban J connectivity index is 2.50. The number of nitrogens with one attached hydrogen (secondary N) is 2. The summed E-state index contributed by atoms with van der Waals surface area (Å²) in [4.78, 5) is 23.4. The van der Waals surface area contributed by atoms with E-state index in [0.29, 0.717) is 11.3 Å². The number of carbonyl (C=O) groups is 2. The van der Waals surface area contributed by atoms with E-state index in [4.69, 9.17) is 4.74 Å². The molecule has 0 saturated carbocycles. The molecular formula is C13H14N2O5. The van der Waals surface area contributed by atoms with Gasteiger partial charge >= 0.3 is 12.0 Å². The molecule has 1 aromatic rings. The number of ether oxygens (including phenoxy) is 1. The van der Waals surface area contributed by atoms with Gasteiger partial charge in [-0.15, -0.1) is 0 Å². The summed E-state index contributed by atoms with van der Waals surface area (Å²) in [5.41, 5.74) is 1.06. The van der Waals surface area contributed by atoms with Crippen LogP contribution in [0.4, 0.5) is 4.79 Å². The molecule has 1 aromatic carbocycles. The third kappa shape index (κ3) is 2.37. The van der Waals surface area contributed by atoms with Gasteiger partial charge in [-0.2, -0.15) is 0 Å². The lowest BCUT2D eigenvalue weighted by Gasteiger charge is -2.27. The van der Waals surface area contributed by atoms with E-state index in [0.717, 1.165) is 0 Å². The lowest BCUT2D eigenvalue weighted by atomic mass is 9.95. The number of carbonyl (C=O) groups excluding carboxylic acids is 2. The monoisotopic (exact) mass is 278 g/mol. The number of rotatable bonds is 2. The second-order valence-corrected chi connectivity index (χ2v) is 4.31. The second-order valence-electron chi connectivity index (χ2n) is 4.31.